The topological polar surface area (TPSA) is 64.0 Å². The number of sulfonamides is 1. The molecule has 2 aromatic rings. The molecule has 0 aliphatic heterocycles. The second kappa shape index (κ2) is 6.17. The molecule has 0 fully saturated rings. The molecule has 0 aliphatic rings. The van der Waals surface area contributed by atoms with Crippen LogP contribution < -0.4 is 4.72 Å². The predicted octanol–water partition coefficient (Wildman–Crippen LogP) is 2.68. The summed E-state index contributed by atoms with van der Waals surface area (Å²) in [6, 6.07) is 7.83. The van der Waals surface area contributed by atoms with Crippen LogP contribution in [-0.4, -0.2) is 18.0 Å². The molecule has 0 aliphatic carbocycles. The molecule has 2 rings (SSSR count). The summed E-state index contributed by atoms with van der Waals surface area (Å²) in [7, 11) is -2.07. The Labute approximate surface area is 130 Å². The molecule has 0 atom stereocenters. The molecule has 0 saturated carbocycles. The smallest absolute Gasteiger partial charge is 0.261 e. The van der Waals surface area contributed by atoms with Crippen LogP contribution in [0.5, 0.6) is 0 Å². The Morgan fingerprint density at radius 3 is 2.38 bits per heavy atom. The van der Waals surface area contributed by atoms with Gasteiger partial charge >= 0.3 is 0 Å². The normalized spacial score (nSPS) is 12.0. The number of hydrogen-bond donors (Lipinski definition) is 1. The van der Waals surface area contributed by atoms with E-state index in [1.54, 1.807) is 7.05 Å². The van der Waals surface area contributed by atoms with E-state index in [-0.39, 0.29) is 16.7 Å². The first-order valence-electron chi connectivity index (χ1n) is 6.56. The highest BCUT2D eigenvalue weighted by atomic mass is 35.5. The molecule has 1 aromatic carbocycles. The van der Waals surface area contributed by atoms with Crippen molar-refractivity contribution in [2.24, 2.45) is 7.05 Å². The third-order valence-electron chi connectivity index (χ3n) is 3.20. The third kappa shape index (κ3) is 3.64. The molecule has 0 spiro atoms. The molecule has 5 nitrogen and oxygen atoms in total. The van der Waals surface area contributed by atoms with Crippen LogP contribution in [0.3, 0.4) is 0 Å². The summed E-state index contributed by atoms with van der Waals surface area (Å²) in [5.41, 5.74) is 2.10. The number of nitrogens with zero attached hydrogens (tertiary/aromatic N) is 2. The fourth-order valence-corrected chi connectivity index (χ4v) is 3.28. The number of imidazole rings is 1. The Bertz CT molecular complexity index is 721. The van der Waals surface area contributed by atoms with Crippen LogP contribution in [0.15, 0.2) is 35.6 Å². The number of hydrogen-bond acceptors (Lipinski definition) is 3. The Hall–Kier alpha value is -1.37. The lowest BCUT2D eigenvalue weighted by Gasteiger charge is -2.08. The zero-order chi connectivity index (χ0) is 15.6. The maximum atomic E-state index is 12.1. The Kier molecular flexibility index (Phi) is 4.70. The minimum atomic E-state index is -3.71. The average molecular weight is 328 g/mol. The first-order valence-corrected chi connectivity index (χ1v) is 8.42. The lowest BCUT2D eigenvalue weighted by Crippen LogP contribution is -2.24. The molecule has 0 bridgehead atoms. The van der Waals surface area contributed by atoms with Crippen molar-refractivity contribution < 1.29 is 8.42 Å². The highest BCUT2D eigenvalue weighted by Crippen LogP contribution is 2.19. The lowest BCUT2D eigenvalue weighted by atomic mass is 10.0. The maximum Gasteiger partial charge on any atom is 0.261 e. The molecule has 1 aromatic heterocycles. The first-order chi connectivity index (χ1) is 9.81. The van der Waals surface area contributed by atoms with Crippen LogP contribution in [-0.2, 0) is 23.6 Å². The van der Waals surface area contributed by atoms with Gasteiger partial charge in [-0.3, -0.25) is 0 Å². The number of rotatable bonds is 5. The van der Waals surface area contributed by atoms with E-state index < -0.39 is 10.0 Å². The van der Waals surface area contributed by atoms with Crippen molar-refractivity contribution in [2.45, 2.75) is 31.3 Å². The summed E-state index contributed by atoms with van der Waals surface area (Å²) in [5, 5.41) is -0.0527. The van der Waals surface area contributed by atoms with Gasteiger partial charge in [0.2, 0.25) is 5.03 Å². The molecule has 1 N–H and O–H groups in total. The van der Waals surface area contributed by atoms with Gasteiger partial charge in [-0.25, -0.2) is 18.1 Å². The fraction of sp³-hybridized carbons (Fsp3) is 0.357. The highest BCUT2D eigenvalue weighted by molar-refractivity contribution is 7.89. The van der Waals surface area contributed by atoms with Crippen molar-refractivity contribution in [2.75, 3.05) is 0 Å². The van der Waals surface area contributed by atoms with Crippen LogP contribution >= 0.6 is 11.6 Å². The summed E-state index contributed by atoms with van der Waals surface area (Å²) in [6.45, 7) is 4.43. The summed E-state index contributed by atoms with van der Waals surface area (Å²) in [5.74, 6) is 0.447. The highest BCUT2D eigenvalue weighted by Gasteiger charge is 2.21. The molecule has 0 unspecified atom stereocenters. The maximum absolute atomic E-state index is 12.1. The minimum Gasteiger partial charge on any atom is -0.324 e. The molecule has 7 heteroatoms. The fourth-order valence-electron chi connectivity index (χ4n) is 1.84. The molecule has 21 heavy (non-hydrogen) atoms. The van der Waals surface area contributed by atoms with Crippen LogP contribution in [0.1, 0.15) is 30.9 Å². The summed E-state index contributed by atoms with van der Waals surface area (Å²) >= 11 is 5.91. The molecular weight excluding hydrogens is 310 g/mol. The number of aromatic nitrogens is 2. The van der Waals surface area contributed by atoms with Crippen LogP contribution in [0, 0.1) is 0 Å². The Balaban J connectivity index is 2.10. The van der Waals surface area contributed by atoms with E-state index in [0.717, 1.165) is 5.56 Å². The van der Waals surface area contributed by atoms with Crippen LogP contribution in [0.2, 0.25) is 5.15 Å². The van der Waals surface area contributed by atoms with E-state index in [1.165, 1.54) is 16.5 Å². The monoisotopic (exact) mass is 327 g/mol. The van der Waals surface area contributed by atoms with Gasteiger partial charge < -0.3 is 4.57 Å². The van der Waals surface area contributed by atoms with E-state index in [9.17, 15) is 8.42 Å². The van der Waals surface area contributed by atoms with Crippen LogP contribution in [0.25, 0.3) is 0 Å². The quantitative estimate of drug-likeness (QED) is 0.918. The van der Waals surface area contributed by atoms with Crippen molar-refractivity contribution in [1.29, 1.82) is 0 Å². The van der Waals surface area contributed by atoms with Crippen molar-refractivity contribution in [1.82, 2.24) is 14.3 Å². The molecule has 0 amide bonds. The van der Waals surface area contributed by atoms with Gasteiger partial charge in [-0.05, 0) is 17.0 Å². The van der Waals surface area contributed by atoms with E-state index in [0.29, 0.717) is 5.92 Å². The number of benzene rings is 1. The predicted molar refractivity (Wildman–Crippen MR) is 82.8 cm³/mol. The molecule has 0 saturated heterocycles. The van der Waals surface area contributed by atoms with Gasteiger partial charge in [0.15, 0.2) is 0 Å². The van der Waals surface area contributed by atoms with Crippen molar-refractivity contribution in [3.63, 3.8) is 0 Å². The second-order valence-electron chi connectivity index (χ2n) is 5.17. The molecule has 0 radical (unpaired) electrons. The van der Waals surface area contributed by atoms with Gasteiger partial charge in [0.05, 0.1) is 6.33 Å². The molecular formula is C14H18ClN3O2S. The lowest BCUT2D eigenvalue weighted by molar-refractivity contribution is 0.578. The zero-order valence-corrected chi connectivity index (χ0v) is 13.7. The van der Waals surface area contributed by atoms with Gasteiger partial charge in [0.1, 0.15) is 5.15 Å². The van der Waals surface area contributed by atoms with Crippen molar-refractivity contribution in [3.05, 3.63) is 46.9 Å². The Morgan fingerprint density at radius 1 is 1.29 bits per heavy atom. The van der Waals surface area contributed by atoms with Gasteiger partial charge in [-0.1, -0.05) is 49.7 Å². The summed E-state index contributed by atoms with van der Waals surface area (Å²) in [4.78, 5) is 3.82. The number of halogens is 1. The SMILES string of the molecule is CC(C)c1ccc(CNS(=O)(=O)c2ncn(C)c2Cl)cc1. The largest absolute Gasteiger partial charge is 0.324 e. The number of nitrogens with one attached hydrogen (secondary N) is 1. The minimum absolute atomic E-state index is 0.0951. The van der Waals surface area contributed by atoms with Gasteiger partial charge in [0, 0.05) is 13.6 Å². The van der Waals surface area contributed by atoms with Crippen molar-refractivity contribution >= 4 is 21.6 Å². The van der Waals surface area contributed by atoms with E-state index in [1.807, 2.05) is 24.3 Å². The van der Waals surface area contributed by atoms with Crippen LogP contribution in [0.4, 0.5) is 0 Å². The first kappa shape index (κ1) is 16.0. The third-order valence-corrected chi connectivity index (χ3v) is 5.09. The summed E-state index contributed by atoms with van der Waals surface area (Å²) in [6.07, 6.45) is 1.37. The van der Waals surface area contributed by atoms with E-state index in [4.69, 9.17) is 11.6 Å². The average Bonchev–Trinajstić information content (AvgIpc) is 2.78. The van der Waals surface area contributed by atoms with Gasteiger partial charge in [-0.2, -0.15) is 0 Å². The van der Waals surface area contributed by atoms with Crippen molar-refractivity contribution in [3.8, 4) is 0 Å². The summed E-state index contributed by atoms with van der Waals surface area (Å²) < 4.78 is 28.2. The molecule has 114 valence electrons. The van der Waals surface area contributed by atoms with E-state index in [2.05, 4.69) is 23.6 Å². The molecule has 1 heterocycles. The van der Waals surface area contributed by atoms with Gasteiger partial charge in [-0.15, -0.1) is 0 Å². The van der Waals surface area contributed by atoms with Gasteiger partial charge in [0.25, 0.3) is 10.0 Å². The second-order valence-corrected chi connectivity index (χ2v) is 7.21. The standard InChI is InChI=1S/C14H18ClN3O2S/c1-10(2)12-6-4-11(5-7-12)8-17-21(19,20)14-13(15)18(3)9-16-14/h4-7,9-10,17H,8H2,1-3H3. The zero-order valence-electron chi connectivity index (χ0n) is 12.2. The van der Waals surface area contributed by atoms with E-state index >= 15 is 0 Å². The Morgan fingerprint density at radius 2 is 1.90 bits per heavy atom. The number of aryl methyl sites for hydroxylation is 1.